The first kappa shape index (κ1) is 99.9. The van der Waals surface area contributed by atoms with Gasteiger partial charge in [0.15, 0.2) is 18.9 Å². The Morgan fingerprint density at radius 1 is 0.324 bits per heavy atom. The maximum atomic E-state index is 13.5. The molecule has 3 fully saturated rings. The zero-order valence-corrected chi connectivity index (χ0v) is 68.3. The fourth-order valence-electron chi connectivity index (χ4n) is 15.2. The van der Waals surface area contributed by atoms with Crippen LogP contribution in [0.15, 0.2) is 48.6 Å². The van der Waals surface area contributed by atoms with Gasteiger partial charge < -0.3 is 89.9 Å². The highest BCUT2D eigenvalue weighted by molar-refractivity contribution is 5.76. The van der Waals surface area contributed by atoms with Crippen LogP contribution in [0, 0.1) is 0 Å². The summed E-state index contributed by atoms with van der Waals surface area (Å²) in [5, 5.41) is 121. The summed E-state index contributed by atoms with van der Waals surface area (Å²) in [4.78, 5) is 13.5. The van der Waals surface area contributed by atoms with E-state index in [9.17, 15) is 61.0 Å². The third-order valence-electron chi connectivity index (χ3n) is 22.3. The van der Waals surface area contributed by atoms with Crippen LogP contribution in [-0.4, -0.2) is 193 Å². The number of hydrogen-bond acceptors (Lipinski definition) is 18. The Morgan fingerprint density at radius 2 is 0.593 bits per heavy atom. The van der Waals surface area contributed by atoms with Crippen LogP contribution in [0.3, 0.4) is 0 Å². The number of ether oxygens (including phenoxy) is 6. The summed E-state index contributed by atoms with van der Waals surface area (Å²) < 4.78 is 34.5. The molecule has 17 unspecified atom stereocenters. The molecule has 1 amide bonds. The first-order chi connectivity index (χ1) is 52.8. The van der Waals surface area contributed by atoms with Gasteiger partial charge in [-0.1, -0.05) is 351 Å². The molecule has 0 aromatic rings. The highest BCUT2D eigenvalue weighted by Gasteiger charge is 2.54. The fourth-order valence-corrected chi connectivity index (χ4v) is 15.2. The fraction of sp³-hybridized carbons (Fsp3) is 0.899. The van der Waals surface area contributed by atoms with Gasteiger partial charge in [-0.2, -0.15) is 0 Å². The number of aliphatic hydroxyl groups excluding tert-OH is 11. The number of aliphatic hydroxyl groups is 11. The minimum atomic E-state index is -1.98. The Morgan fingerprint density at radius 3 is 0.926 bits per heavy atom. The first-order valence-electron chi connectivity index (χ1n) is 44.9. The molecule has 3 saturated heterocycles. The quantitative estimate of drug-likeness (QED) is 0.0199. The molecule has 3 rings (SSSR count). The summed E-state index contributed by atoms with van der Waals surface area (Å²) in [5.74, 6) is -0.283. The van der Waals surface area contributed by atoms with Crippen molar-refractivity contribution in [3.63, 3.8) is 0 Å². The van der Waals surface area contributed by atoms with Crippen LogP contribution in [0.25, 0.3) is 0 Å². The lowest BCUT2D eigenvalue weighted by atomic mass is 9.96. The van der Waals surface area contributed by atoms with Crippen LogP contribution < -0.4 is 5.32 Å². The van der Waals surface area contributed by atoms with Crippen LogP contribution in [0.2, 0.25) is 0 Å². The lowest BCUT2D eigenvalue weighted by molar-refractivity contribution is -0.379. The van der Waals surface area contributed by atoms with E-state index in [2.05, 4.69) is 55.6 Å². The number of hydrogen-bond donors (Lipinski definition) is 12. The molecular formula is C89H165NO18. The Kier molecular flexibility index (Phi) is 63.9. The number of allylic oxidation sites excluding steroid dienone is 7. The third kappa shape index (κ3) is 47.6. The lowest BCUT2D eigenvalue weighted by Crippen LogP contribution is -2.66. The lowest BCUT2D eigenvalue weighted by Gasteiger charge is -2.48. The molecule has 0 aromatic carbocycles. The summed E-state index contributed by atoms with van der Waals surface area (Å²) >= 11 is 0. The maximum absolute atomic E-state index is 13.5. The monoisotopic (exact) mass is 1540 g/mol. The van der Waals surface area contributed by atoms with E-state index in [1.807, 2.05) is 6.08 Å². The van der Waals surface area contributed by atoms with E-state index in [-0.39, 0.29) is 18.9 Å². The molecule has 3 aliphatic rings. The standard InChI is InChI=1S/C89H165NO18/c1-3-5-7-9-11-13-15-17-19-21-23-25-27-29-31-33-35-37-38-40-42-44-46-48-50-52-54-56-58-60-62-64-66-73(94)72(90-77(95)67-65-63-61-59-57-55-53-51-49-47-45-43-41-39-36-34-32-30-28-26-24-22-20-18-16-14-12-10-8-6-4-2)71-103-87-83(101)80(98)85(75(69-92)105-87)108-89-84(102)81(99)86(76(70-93)106-89)107-88-82(100)79(97)78(96)74(68-91)104-88/h22,24,48,50,56,58,64,66,72-76,78-89,91-94,96-102H,3-21,23,25-47,49,51-55,57,59-63,65,67-71H2,1-2H3,(H,90,95)/b24-22-,50-48+,58-56+,66-64+. The van der Waals surface area contributed by atoms with Gasteiger partial charge in [0.25, 0.3) is 0 Å². The summed E-state index contributed by atoms with van der Waals surface area (Å²) in [6.07, 6.45) is 62.7. The van der Waals surface area contributed by atoms with Gasteiger partial charge in [0.05, 0.1) is 38.6 Å². The minimum absolute atomic E-state index is 0.235. The number of unbranched alkanes of at least 4 members (excludes halogenated alkanes) is 51. The summed E-state index contributed by atoms with van der Waals surface area (Å²) in [6.45, 7) is 1.77. The third-order valence-corrected chi connectivity index (χ3v) is 22.3. The van der Waals surface area contributed by atoms with Gasteiger partial charge in [-0.25, -0.2) is 0 Å². The number of carbonyl (C=O) groups excluding carboxylic acids is 1. The zero-order chi connectivity index (χ0) is 78.1. The van der Waals surface area contributed by atoms with Gasteiger partial charge in [0, 0.05) is 6.42 Å². The van der Waals surface area contributed by atoms with Crippen molar-refractivity contribution in [3.8, 4) is 0 Å². The van der Waals surface area contributed by atoms with E-state index < -0.39 is 124 Å². The average molecular weight is 1540 g/mol. The topological polar surface area (TPSA) is 307 Å². The zero-order valence-electron chi connectivity index (χ0n) is 68.3. The molecule has 0 bridgehead atoms. The molecule has 0 radical (unpaired) electrons. The van der Waals surface area contributed by atoms with Crippen molar-refractivity contribution in [2.45, 2.75) is 484 Å². The largest absolute Gasteiger partial charge is 0.394 e. The molecule has 0 aliphatic carbocycles. The molecule has 634 valence electrons. The Bertz CT molecular complexity index is 2130. The average Bonchev–Trinajstić information content (AvgIpc) is 0.779. The Hall–Kier alpha value is -2.25. The second-order valence-corrected chi connectivity index (χ2v) is 32.0. The molecule has 17 atom stereocenters. The Labute approximate surface area is 656 Å². The molecule has 108 heavy (non-hydrogen) atoms. The molecule has 0 aromatic heterocycles. The summed E-state index contributed by atoms with van der Waals surface area (Å²) in [5.41, 5.74) is 0. The van der Waals surface area contributed by atoms with E-state index in [0.717, 1.165) is 44.9 Å². The van der Waals surface area contributed by atoms with Crippen molar-refractivity contribution in [2.24, 2.45) is 0 Å². The molecular weight excluding hydrogens is 1370 g/mol. The molecule has 3 heterocycles. The van der Waals surface area contributed by atoms with Crippen LogP contribution in [0.5, 0.6) is 0 Å². The second kappa shape index (κ2) is 69.1. The van der Waals surface area contributed by atoms with Crippen molar-refractivity contribution < 1.29 is 89.4 Å². The molecule has 19 nitrogen and oxygen atoms in total. The van der Waals surface area contributed by atoms with Crippen molar-refractivity contribution in [1.82, 2.24) is 5.32 Å². The highest BCUT2D eigenvalue weighted by atomic mass is 16.8. The van der Waals surface area contributed by atoms with E-state index in [1.165, 1.54) is 302 Å². The summed E-state index contributed by atoms with van der Waals surface area (Å²) in [7, 11) is 0. The second-order valence-electron chi connectivity index (χ2n) is 32.0. The number of amides is 1. The SMILES string of the molecule is CCCCCCCCCC/C=C\CCCCCCCCCCCCCCCCCCCCCC(=O)NC(COC1OC(CO)C(OC2OC(CO)C(OC3OC(CO)C(O)C(O)C3O)C(O)C2O)C(O)C1O)C(O)/C=C/CC/C=C/CC/C=C/CCCCCCCCCCCCCCCCCCCCCCCC. The van der Waals surface area contributed by atoms with Gasteiger partial charge in [-0.05, 0) is 70.6 Å². The number of rotatable bonds is 73. The molecule has 0 spiro atoms. The van der Waals surface area contributed by atoms with Gasteiger partial charge in [0.1, 0.15) is 73.2 Å². The predicted octanol–water partition coefficient (Wildman–Crippen LogP) is 16.8. The highest BCUT2D eigenvalue weighted by Crippen LogP contribution is 2.34. The molecule has 0 saturated carbocycles. The van der Waals surface area contributed by atoms with Crippen LogP contribution in [-0.2, 0) is 33.2 Å². The van der Waals surface area contributed by atoms with Gasteiger partial charge in [-0.15, -0.1) is 0 Å². The van der Waals surface area contributed by atoms with Crippen LogP contribution in [0.1, 0.15) is 380 Å². The number of carbonyl (C=O) groups is 1. The molecule has 19 heteroatoms. The van der Waals surface area contributed by atoms with Gasteiger partial charge >= 0.3 is 0 Å². The summed E-state index contributed by atoms with van der Waals surface area (Å²) in [6, 6.07) is -0.999. The van der Waals surface area contributed by atoms with Gasteiger partial charge in [-0.3, -0.25) is 4.79 Å². The van der Waals surface area contributed by atoms with Crippen molar-refractivity contribution in [3.05, 3.63) is 48.6 Å². The molecule has 12 N–H and O–H groups in total. The predicted molar refractivity (Wildman–Crippen MR) is 434 cm³/mol. The van der Waals surface area contributed by atoms with E-state index in [4.69, 9.17) is 28.4 Å². The minimum Gasteiger partial charge on any atom is -0.394 e. The normalized spacial score (nSPS) is 25.6. The molecule has 3 aliphatic heterocycles. The first-order valence-corrected chi connectivity index (χ1v) is 44.9. The smallest absolute Gasteiger partial charge is 0.220 e. The maximum Gasteiger partial charge on any atom is 0.220 e. The van der Waals surface area contributed by atoms with Crippen molar-refractivity contribution >= 4 is 5.91 Å². The van der Waals surface area contributed by atoms with E-state index in [0.29, 0.717) is 12.8 Å². The van der Waals surface area contributed by atoms with E-state index >= 15 is 0 Å². The van der Waals surface area contributed by atoms with Crippen molar-refractivity contribution in [2.75, 3.05) is 26.4 Å². The number of nitrogens with one attached hydrogen (secondary N) is 1. The van der Waals surface area contributed by atoms with E-state index in [1.54, 1.807) is 6.08 Å². The Balaban J connectivity index is 1.35. The van der Waals surface area contributed by atoms with Crippen LogP contribution >= 0.6 is 0 Å². The van der Waals surface area contributed by atoms with Crippen LogP contribution in [0.4, 0.5) is 0 Å². The van der Waals surface area contributed by atoms with Gasteiger partial charge in [0.2, 0.25) is 5.91 Å². The van der Waals surface area contributed by atoms with Crippen molar-refractivity contribution in [1.29, 1.82) is 0 Å².